The number of anilines is 1. The maximum absolute atomic E-state index is 12.4. The van der Waals surface area contributed by atoms with Gasteiger partial charge in [-0.2, -0.15) is 0 Å². The number of halogens is 1. The summed E-state index contributed by atoms with van der Waals surface area (Å²) in [5, 5.41) is 18.4. The molecule has 1 aromatic carbocycles. The zero-order chi connectivity index (χ0) is 13.5. The number of aromatic hydroxyl groups is 1. The number of phenolic OH excluding ortho intramolecular Hbond substituents is 1. The highest BCUT2D eigenvalue weighted by Crippen LogP contribution is 2.40. The maximum atomic E-state index is 12.4. The Morgan fingerprint density at radius 3 is 2.56 bits per heavy atom. The van der Waals surface area contributed by atoms with Crippen LogP contribution in [-0.4, -0.2) is 30.0 Å². The van der Waals surface area contributed by atoms with Gasteiger partial charge in [-0.1, -0.05) is 11.6 Å². The number of hydrogen-bond donors (Lipinski definition) is 3. The number of nitrogen functional groups attached to an aromatic ring is 1. The molecule has 5 nitrogen and oxygen atoms in total. The molecule has 1 aliphatic rings. The van der Waals surface area contributed by atoms with Gasteiger partial charge in [-0.25, -0.2) is 8.42 Å². The summed E-state index contributed by atoms with van der Waals surface area (Å²) < 4.78 is 24.7. The fourth-order valence-corrected chi connectivity index (χ4v) is 4.66. The van der Waals surface area contributed by atoms with Gasteiger partial charge in [-0.3, -0.25) is 0 Å². The van der Waals surface area contributed by atoms with Gasteiger partial charge in [0.05, 0.1) is 22.1 Å². The van der Waals surface area contributed by atoms with Crippen molar-refractivity contribution in [2.24, 2.45) is 0 Å². The zero-order valence-electron chi connectivity index (χ0n) is 9.51. The molecule has 0 aromatic heterocycles. The molecule has 1 fully saturated rings. The van der Waals surface area contributed by atoms with E-state index in [2.05, 4.69) is 0 Å². The molecule has 0 radical (unpaired) electrons. The van der Waals surface area contributed by atoms with Crippen molar-refractivity contribution in [2.75, 3.05) is 5.73 Å². The summed E-state index contributed by atoms with van der Waals surface area (Å²) in [5.41, 5.74) is 5.46. The third kappa shape index (κ3) is 2.15. The van der Waals surface area contributed by atoms with Gasteiger partial charge >= 0.3 is 0 Å². The van der Waals surface area contributed by atoms with E-state index in [0.29, 0.717) is 12.8 Å². The van der Waals surface area contributed by atoms with E-state index in [1.54, 1.807) is 0 Å². The first-order chi connectivity index (χ1) is 8.34. The average molecular weight is 292 g/mol. The molecule has 0 unspecified atom stereocenters. The third-order valence-corrected chi connectivity index (χ3v) is 5.91. The van der Waals surface area contributed by atoms with Gasteiger partial charge in [-0.15, -0.1) is 0 Å². The summed E-state index contributed by atoms with van der Waals surface area (Å²) in [6, 6.07) is 2.69. The molecule has 100 valence electrons. The van der Waals surface area contributed by atoms with Gasteiger partial charge in [0, 0.05) is 0 Å². The number of aliphatic hydroxyl groups excluding tert-OH is 1. The number of rotatable bonds is 2. The third-order valence-electron chi connectivity index (χ3n) is 3.19. The number of sulfone groups is 1. The molecule has 18 heavy (non-hydrogen) atoms. The second kappa shape index (κ2) is 4.60. The average Bonchev–Trinajstić information content (AvgIpc) is 2.71. The number of nitrogens with two attached hydrogens (primary N) is 1. The van der Waals surface area contributed by atoms with Crippen LogP contribution in [0.25, 0.3) is 0 Å². The van der Waals surface area contributed by atoms with E-state index in [4.69, 9.17) is 17.3 Å². The zero-order valence-corrected chi connectivity index (χ0v) is 11.1. The Kier molecular flexibility index (Phi) is 3.44. The van der Waals surface area contributed by atoms with Crippen molar-refractivity contribution < 1.29 is 18.6 Å². The Morgan fingerprint density at radius 2 is 2.00 bits per heavy atom. The molecule has 1 saturated carbocycles. The second-order valence-electron chi connectivity index (χ2n) is 4.45. The Labute approximate surface area is 110 Å². The molecule has 2 atom stereocenters. The molecule has 1 aliphatic carbocycles. The smallest absolute Gasteiger partial charge is 0.186 e. The van der Waals surface area contributed by atoms with Gasteiger partial charge in [0.15, 0.2) is 15.6 Å². The first-order valence-electron chi connectivity index (χ1n) is 5.53. The van der Waals surface area contributed by atoms with Crippen molar-refractivity contribution in [1.29, 1.82) is 0 Å². The SMILES string of the molecule is Nc1ccc(Cl)c(S(=O)(=O)[C@@H]2CC[C@@H](O)C2)c1O. The highest BCUT2D eigenvalue weighted by atomic mass is 35.5. The van der Waals surface area contributed by atoms with E-state index in [0.717, 1.165) is 0 Å². The van der Waals surface area contributed by atoms with Crippen LogP contribution in [0.3, 0.4) is 0 Å². The fourth-order valence-electron chi connectivity index (χ4n) is 2.20. The van der Waals surface area contributed by atoms with E-state index >= 15 is 0 Å². The summed E-state index contributed by atoms with van der Waals surface area (Å²) >= 11 is 5.84. The standard InChI is InChI=1S/C11H14ClNO4S/c12-8-3-4-9(13)10(15)11(8)18(16,17)7-2-1-6(14)5-7/h3-4,6-7,14-15H,1-2,5,13H2/t6-,7-/m1/s1. The lowest BCUT2D eigenvalue weighted by molar-refractivity contribution is 0.183. The molecule has 1 aromatic rings. The van der Waals surface area contributed by atoms with E-state index in [1.807, 2.05) is 0 Å². The largest absolute Gasteiger partial charge is 0.504 e. The van der Waals surface area contributed by atoms with Crippen LogP contribution in [0.5, 0.6) is 5.75 Å². The first-order valence-corrected chi connectivity index (χ1v) is 7.45. The summed E-state index contributed by atoms with van der Waals surface area (Å²) in [4.78, 5) is -0.330. The minimum absolute atomic E-state index is 0.0310. The van der Waals surface area contributed by atoms with Crippen LogP contribution in [0, 0.1) is 0 Å². The molecular formula is C11H14ClNO4S. The van der Waals surface area contributed by atoms with Gasteiger partial charge in [0.2, 0.25) is 0 Å². The van der Waals surface area contributed by atoms with Crippen LogP contribution in [-0.2, 0) is 9.84 Å². The molecule has 0 amide bonds. The van der Waals surface area contributed by atoms with E-state index in [9.17, 15) is 18.6 Å². The summed E-state index contributed by atoms with van der Waals surface area (Å²) in [6.07, 6.45) is 0.331. The Bertz CT molecular complexity index is 573. The van der Waals surface area contributed by atoms with Crippen LogP contribution in [0.15, 0.2) is 17.0 Å². The quantitative estimate of drug-likeness (QED) is 0.563. The van der Waals surface area contributed by atoms with Crippen molar-refractivity contribution in [1.82, 2.24) is 0 Å². The number of benzene rings is 1. The molecule has 0 saturated heterocycles. The van der Waals surface area contributed by atoms with Crippen molar-refractivity contribution >= 4 is 27.1 Å². The number of hydrogen-bond acceptors (Lipinski definition) is 5. The van der Waals surface area contributed by atoms with Gasteiger partial charge in [0.25, 0.3) is 0 Å². The summed E-state index contributed by atoms with van der Waals surface area (Å²) in [7, 11) is -3.78. The van der Waals surface area contributed by atoms with Crippen molar-refractivity contribution in [2.45, 2.75) is 35.5 Å². The van der Waals surface area contributed by atoms with Crippen molar-refractivity contribution in [3.8, 4) is 5.75 Å². The van der Waals surface area contributed by atoms with Crippen LogP contribution in [0.2, 0.25) is 5.02 Å². The van der Waals surface area contributed by atoms with Crippen LogP contribution < -0.4 is 5.73 Å². The van der Waals surface area contributed by atoms with Gasteiger partial charge in [-0.05, 0) is 31.4 Å². The molecule has 0 bridgehead atoms. The lowest BCUT2D eigenvalue weighted by atomic mass is 10.3. The molecule has 4 N–H and O–H groups in total. The Morgan fingerprint density at radius 1 is 1.33 bits per heavy atom. The van der Waals surface area contributed by atoms with E-state index in [1.165, 1.54) is 12.1 Å². The number of aliphatic hydroxyl groups is 1. The number of phenols is 1. The maximum Gasteiger partial charge on any atom is 0.186 e. The summed E-state index contributed by atoms with van der Waals surface area (Å²) in [5.74, 6) is -0.510. The molecule has 7 heteroatoms. The predicted molar refractivity (Wildman–Crippen MR) is 68.4 cm³/mol. The second-order valence-corrected chi connectivity index (χ2v) is 7.02. The monoisotopic (exact) mass is 291 g/mol. The van der Waals surface area contributed by atoms with Crippen LogP contribution >= 0.6 is 11.6 Å². The van der Waals surface area contributed by atoms with E-state index < -0.39 is 26.9 Å². The van der Waals surface area contributed by atoms with Crippen LogP contribution in [0.4, 0.5) is 5.69 Å². The topological polar surface area (TPSA) is 101 Å². The predicted octanol–water partition coefficient (Wildman–Crippen LogP) is 1.31. The first kappa shape index (κ1) is 13.5. The molecule has 0 spiro atoms. The Hall–Kier alpha value is -0.980. The fraction of sp³-hybridized carbons (Fsp3) is 0.455. The van der Waals surface area contributed by atoms with Crippen LogP contribution in [0.1, 0.15) is 19.3 Å². The molecule has 0 heterocycles. The van der Waals surface area contributed by atoms with Gasteiger partial charge < -0.3 is 15.9 Å². The van der Waals surface area contributed by atoms with Gasteiger partial charge in [0.1, 0.15) is 4.90 Å². The normalized spacial score (nSPS) is 24.3. The van der Waals surface area contributed by atoms with Crippen molar-refractivity contribution in [3.63, 3.8) is 0 Å². The lowest BCUT2D eigenvalue weighted by Crippen LogP contribution is -2.20. The Balaban J connectivity index is 2.51. The minimum atomic E-state index is -3.78. The molecular weight excluding hydrogens is 278 g/mol. The summed E-state index contributed by atoms with van der Waals surface area (Å²) in [6.45, 7) is 0. The van der Waals surface area contributed by atoms with E-state index in [-0.39, 0.29) is 22.0 Å². The minimum Gasteiger partial charge on any atom is -0.504 e. The molecule has 2 rings (SSSR count). The molecule has 0 aliphatic heterocycles. The van der Waals surface area contributed by atoms with Crippen molar-refractivity contribution in [3.05, 3.63) is 17.2 Å². The lowest BCUT2D eigenvalue weighted by Gasteiger charge is -2.15. The highest BCUT2D eigenvalue weighted by Gasteiger charge is 2.37. The highest BCUT2D eigenvalue weighted by molar-refractivity contribution is 7.92.